The Morgan fingerprint density at radius 3 is 1.09 bits per heavy atom. The average Bonchev–Trinajstić information content (AvgIpc) is 1.27. The Morgan fingerprint density at radius 1 is 0.909 bits per heavy atom. The number of hydrogen-bond acceptors (Lipinski definition) is 2. The fraction of sp³-hybridized carbons (Fsp3) is 0.200. The van der Waals surface area contributed by atoms with Crippen LogP contribution in [0.25, 0.3) is 0 Å². The van der Waals surface area contributed by atoms with E-state index in [2.05, 4.69) is 0 Å². The molecular formula is C5H10Mg2O4+2. The van der Waals surface area contributed by atoms with Crippen molar-refractivity contribution in [3.8, 4) is 0 Å². The minimum absolute atomic E-state index is 0. The summed E-state index contributed by atoms with van der Waals surface area (Å²) in [5, 5.41) is 15.4. The van der Waals surface area contributed by atoms with Gasteiger partial charge in [0.05, 0.1) is 0 Å². The van der Waals surface area contributed by atoms with Crippen LogP contribution in [0.3, 0.4) is 0 Å². The van der Waals surface area contributed by atoms with Crippen LogP contribution in [0.5, 0.6) is 0 Å². The van der Waals surface area contributed by atoms with Gasteiger partial charge in [-0.1, -0.05) is 0 Å². The van der Waals surface area contributed by atoms with Crippen molar-refractivity contribution in [1.29, 1.82) is 0 Å². The molecule has 0 spiro atoms. The van der Waals surface area contributed by atoms with E-state index in [1.807, 2.05) is 0 Å². The maximum Gasteiger partial charge on any atom is 2.00 e. The van der Waals surface area contributed by atoms with E-state index >= 15 is 0 Å². The normalized spacial score (nSPS) is 5.09. The van der Waals surface area contributed by atoms with Gasteiger partial charge in [-0.3, -0.25) is 9.59 Å². The molecule has 0 aliphatic heterocycles. The van der Waals surface area contributed by atoms with Crippen molar-refractivity contribution in [2.75, 3.05) is 0 Å². The van der Waals surface area contributed by atoms with Gasteiger partial charge in [0.1, 0.15) is 6.42 Å². The van der Waals surface area contributed by atoms with E-state index in [4.69, 9.17) is 10.2 Å². The van der Waals surface area contributed by atoms with Gasteiger partial charge >= 0.3 is 58.0 Å². The Morgan fingerprint density at radius 2 is 1.09 bits per heavy atom. The van der Waals surface area contributed by atoms with Gasteiger partial charge in [0.2, 0.25) is 0 Å². The first-order valence-electron chi connectivity index (χ1n) is 1.56. The molecule has 56 valence electrons. The summed E-state index contributed by atoms with van der Waals surface area (Å²) in [5.74, 6) is -2.62. The summed E-state index contributed by atoms with van der Waals surface area (Å²) in [7, 11) is 0. The largest absolute Gasteiger partial charge is 2.00 e. The molecule has 0 aromatic heterocycles. The number of hydrogen-bond donors (Lipinski definition) is 2. The van der Waals surface area contributed by atoms with Crippen LogP contribution in [-0.4, -0.2) is 68.3 Å². The molecule has 0 aliphatic rings. The second kappa shape index (κ2) is 16.8. The van der Waals surface area contributed by atoms with Crippen LogP contribution >= 0.6 is 0 Å². The van der Waals surface area contributed by atoms with Gasteiger partial charge in [0.25, 0.3) is 0 Å². The van der Waals surface area contributed by atoms with Gasteiger partial charge in [0, 0.05) is 0 Å². The molecule has 0 radical (unpaired) electrons. The molecule has 0 rings (SSSR count). The van der Waals surface area contributed by atoms with Crippen molar-refractivity contribution in [3.63, 3.8) is 0 Å². The van der Waals surface area contributed by atoms with Crippen molar-refractivity contribution >= 4 is 58.0 Å². The van der Waals surface area contributed by atoms with Crippen molar-refractivity contribution in [2.24, 2.45) is 0 Å². The minimum Gasteiger partial charge on any atom is -0.481 e. The first kappa shape index (κ1) is 30.0. The first-order chi connectivity index (χ1) is 3.13. The number of carboxylic acid groups (broad SMARTS) is 2. The summed E-state index contributed by atoms with van der Waals surface area (Å²) >= 11 is 0. The summed E-state index contributed by atoms with van der Waals surface area (Å²) in [6, 6.07) is 0. The van der Waals surface area contributed by atoms with Crippen LogP contribution in [-0.2, 0) is 9.59 Å². The van der Waals surface area contributed by atoms with Gasteiger partial charge in [0.15, 0.2) is 0 Å². The van der Waals surface area contributed by atoms with Crippen LogP contribution in [0, 0.1) is 14.9 Å². The molecule has 0 amide bonds. The Kier molecular flexibility index (Phi) is 45.9. The molecule has 0 aliphatic carbocycles. The van der Waals surface area contributed by atoms with Crippen molar-refractivity contribution in [1.82, 2.24) is 0 Å². The number of carbonyl (C=O) groups is 2. The van der Waals surface area contributed by atoms with Crippen molar-refractivity contribution < 1.29 is 19.8 Å². The molecule has 0 fully saturated rings. The predicted octanol–water partition coefficient (Wildman–Crippen LogP) is -0.315. The molecule has 0 unspecified atom stereocenters. The maximum absolute atomic E-state index is 9.43. The molecule has 6 heteroatoms. The molecule has 4 nitrogen and oxygen atoms in total. The maximum atomic E-state index is 9.43. The monoisotopic (exact) mass is 182 g/mol. The van der Waals surface area contributed by atoms with Crippen LogP contribution in [0.15, 0.2) is 0 Å². The molecule has 0 saturated heterocycles. The quantitative estimate of drug-likeness (QED) is 0.349. The van der Waals surface area contributed by atoms with Gasteiger partial charge in [-0.2, -0.15) is 0 Å². The first-order valence-corrected chi connectivity index (χ1v) is 1.56. The summed E-state index contributed by atoms with van der Waals surface area (Å²) in [6.07, 6.45) is -0.806. The minimum atomic E-state index is -1.31. The zero-order valence-electron chi connectivity index (χ0n) is 6.83. The van der Waals surface area contributed by atoms with Gasteiger partial charge in [-0.25, -0.2) is 0 Å². The van der Waals surface area contributed by atoms with E-state index in [0.29, 0.717) is 0 Å². The summed E-state index contributed by atoms with van der Waals surface area (Å²) < 4.78 is 0. The second-order valence-corrected chi connectivity index (χ2v) is 0.964. The van der Waals surface area contributed by atoms with Crippen LogP contribution in [0.1, 0.15) is 6.42 Å². The molecule has 0 atom stereocenters. The van der Waals surface area contributed by atoms with E-state index in [0.717, 1.165) is 0 Å². The van der Waals surface area contributed by atoms with Crippen LogP contribution < -0.4 is 0 Å². The zero-order chi connectivity index (χ0) is 5.86. The van der Waals surface area contributed by atoms with Gasteiger partial charge < -0.3 is 25.1 Å². The van der Waals surface area contributed by atoms with Crippen molar-refractivity contribution in [3.05, 3.63) is 14.9 Å². The topological polar surface area (TPSA) is 74.6 Å². The standard InChI is InChI=1S/C3H4O4.2CH3.2Mg/c4-2(5)1-3(6)7;;;;/h1H2,(H,4,5)(H,6,7);2*1H3;;/q;2*-1;2*+2. The fourth-order valence-electron chi connectivity index (χ4n) is 0.129. The fourth-order valence-corrected chi connectivity index (χ4v) is 0.129. The second-order valence-electron chi connectivity index (χ2n) is 0.964. The summed E-state index contributed by atoms with van der Waals surface area (Å²) in [4.78, 5) is 18.9. The zero-order valence-corrected chi connectivity index (χ0v) is 9.66. The molecular weight excluding hydrogens is 173 g/mol. The van der Waals surface area contributed by atoms with E-state index in [1.54, 1.807) is 0 Å². The smallest absolute Gasteiger partial charge is 0.481 e. The van der Waals surface area contributed by atoms with E-state index in [-0.39, 0.29) is 61.0 Å². The Balaban J connectivity index is -0.0000000300. The van der Waals surface area contributed by atoms with E-state index < -0.39 is 18.4 Å². The van der Waals surface area contributed by atoms with E-state index in [1.165, 1.54) is 0 Å². The SMILES string of the molecule is O=C(O)CC(=O)O.[CH3-].[CH3-].[Mg+2].[Mg+2]. The summed E-state index contributed by atoms with van der Waals surface area (Å²) in [5.41, 5.74) is 0. The van der Waals surface area contributed by atoms with E-state index in [9.17, 15) is 9.59 Å². The molecule has 0 saturated carbocycles. The number of aliphatic carboxylic acids is 2. The third kappa shape index (κ3) is 37.6. The van der Waals surface area contributed by atoms with Gasteiger partial charge in [-0.15, -0.1) is 0 Å². The summed E-state index contributed by atoms with van der Waals surface area (Å²) in [6.45, 7) is 0. The number of carboxylic acids is 2. The Labute approximate surface area is 98.7 Å². The molecule has 2 N–H and O–H groups in total. The number of rotatable bonds is 2. The van der Waals surface area contributed by atoms with Crippen molar-refractivity contribution in [2.45, 2.75) is 6.42 Å². The molecule has 11 heavy (non-hydrogen) atoms. The molecule has 0 aromatic carbocycles. The Hall–Kier alpha value is 0.472. The average molecular weight is 183 g/mol. The molecule has 0 bridgehead atoms. The molecule has 0 heterocycles. The predicted molar refractivity (Wildman–Crippen MR) is 44.2 cm³/mol. The Bertz CT molecular complexity index is 92.7. The van der Waals surface area contributed by atoms with Gasteiger partial charge in [-0.05, 0) is 0 Å². The third-order valence-corrected chi connectivity index (χ3v) is 0.302. The van der Waals surface area contributed by atoms with Crippen LogP contribution in [0.4, 0.5) is 0 Å². The molecule has 0 aromatic rings. The third-order valence-electron chi connectivity index (χ3n) is 0.302. The van der Waals surface area contributed by atoms with Crippen LogP contribution in [0.2, 0.25) is 0 Å².